The predicted molar refractivity (Wildman–Crippen MR) is 104 cm³/mol. The molecule has 0 atom stereocenters. The van der Waals surface area contributed by atoms with Crippen molar-refractivity contribution in [2.45, 2.75) is 0 Å². The van der Waals surface area contributed by atoms with Crippen LogP contribution in [0.4, 0.5) is 22.7 Å². The molecule has 4 aromatic rings. The molecule has 0 radical (unpaired) electrons. The van der Waals surface area contributed by atoms with E-state index in [2.05, 4.69) is 10.6 Å². The first kappa shape index (κ1) is 18.6. The van der Waals surface area contributed by atoms with E-state index in [1.165, 1.54) is 0 Å². The van der Waals surface area contributed by atoms with Crippen LogP contribution in [0.5, 0.6) is 0 Å². The first-order chi connectivity index (χ1) is 11.9. The Bertz CT molecular complexity index is 720. The van der Waals surface area contributed by atoms with Gasteiger partial charge in [0.1, 0.15) is 0 Å². The number of anilines is 4. The normalized spacial score (nSPS) is 9.28. The predicted octanol–water partition coefficient (Wildman–Crippen LogP) is 6.30. The molecule has 25 heavy (non-hydrogen) atoms. The molecule has 0 unspecified atom stereocenters. The van der Waals surface area contributed by atoms with Gasteiger partial charge in [0.2, 0.25) is 0 Å². The summed E-state index contributed by atoms with van der Waals surface area (Å²) in [5.41, 5.74) is 4.54. The number of hydrogen-bond donors (Lipinski definition) is 2. The van der Waals surface area contributed by atoms with Gasteiger partial charge in [-0.25, -0.2) is 12.1 Å². The summed E-state index contributed by atoms with van der Waals surface area (Å²) in [6.45, 7) is 0. The summed E-state index contributed by atoms with van der Waals surface area (Å²) in [4.78, 5) is 0. The minimum absolute atomic E-state index is 0. The number of benzene rings is 2. The third kappa shape index (κ3) is 6.34. The smallest absolute Gasteiger partial charge is 0.379 e. The summed E-state index contributed by atoms with van der Waals surface area (Å²) in [5, 5.41) is 6.57. The Morgan fingerprint density at radius 3 is 1.20 bits per heavy atom. The van der Waals surface area contributed by atoms with Gasteiger partial charge in [0.15, 0.2) is 0 Å². The van der Waals surface area contributed by atoms with Crippen molar-refractivity contribution in [2.75, 3.05) is 10.6 Å². The van der Waals surface area contributed by atoms with Crippen molar-refractivity contribution in [1.29, 1.82) is 0 Å². The first-order valence-electron chi connectivity index (χ1n) is 7.98. The molecular weight excluding hydrogens is 348 g/mol. The number of hydrogen-bond acceptors (Lipinski definition) is 2. The van der Waals surface area contributed by atoms with Gasteiger partial charge < -0.3 is 10.6 Å². The molecule has 4 aromatic carbocycles. The van der Waals surface area contributed by atoms with Crippen molar-refractivity contribution in [3.05, 3.63) is 109 Å². The number of para-hydroxylation sites is 2. The van der Waals surface area contributed by atoms with E-state index in [1.54, 1.807) is 0 Å². The molecule has 0 amide bonds. The average Bonchev–Trinajstić information content (AvgIpc) is 3.32. The molecule has 126 valence electrons. The minimum atomic E-state index is 0. The molecule has 0 bridgehead atoms. The molecule has 3 heteroatoms. The van der Waals surface area contributed by atoms with Crippen molar-refractivity contribution >= 4 is 22.7 Å². The van der Waals surface area contributed by atoms with Crippen LogP contribution in [0, 0.1) is 0 Å². The Labute approximate surface area is 159 Å². The summed E-state index contributed by atoms with van der Waals surface area (Å²) in [6.07, 6.45) is 0. The second-order valence-electron chi connectivity index (χ2n) is 5.33. The van der Waals surface area contributed by atoms with E-state index in [9.17, 15) is 0 Å². The fraction of sp³-hybridized carbons (Fsp3) is 0. The van der Waals surface area contributed by atoms with Gasteiger partial charge in [0, 0.05) is 11.4 Å². The molecule has 0 aliphatic carbocycles. The first-order valence-corrected chi connectivity index (χ1v) is 7.98. The van der Waals surface area contributed by atoms with Gasteiger partial charge in [0.05, 0.1) is 0 Å². The molecule has 0 heterocycles. The monoisotopic (exact) mass is 368 g/mol. The van der Waals surface area contributed by atoms with Crippen LogP contribution in [0.25, 0.3) is 0 Å². The largest absolute Gasteiger partial charge is 2.00 e. The van der Waals surface area contributed by atoms with Crippen LogP contribution in [-0.2, 0) is 17.1 Å². The fourth-order valence-electron chi connectivity index (χ4n) is 2.29. The topological polar surface area (TPSA) is 24.1 Å². The van der Waals surface area contributed by atoms with Crippen LogP contribution in [0.3, 0.4) is 0 Å². The second kappa shape index (κ2) is 10.2. The Morgan fingerprint density at radius 1 is 0.480 bits per heavy atom. The van der Waals surface area contributed by atoms with Gasteiger partial charge in [-0.2, -0.15) is 24.3 Å². The van der Waals surface area contributed by atoms with Crippen LogP contribution in [-0.4, -0.2) is 0 Å². The second-order valence-corrected chi connectivity index (χ2v) is 5.33. The summed E-state index contributed by atoms with van der Waals surface area (Å²) in [7, 11) is 0. The zero-order chi connectivity index (χ0) is 16.5. The van der Waals surface area contributed by atoms with Crippen molar-refractivity contribution in [2.24, 2.45) is 0 Å². The molecule has 2 N–H and O–H groups in total. The summed E-state index contributed by atoms with van der Waals surface area (Å²) < 4.78 is 0. The molecule has 4 rings (SSSR count). The maximum Gasteiger partial charge on any atom is 2.00 e. The summed E-state index contributed by atoms with van der Waals surface area (Å²) in [5.74, 6) is 0. The van der Waals surface area contributed by atoms with E-state index in [0.29, 0.717) is 0 Å². The summed E-state index contributed by atoms with van der Waals surface area (Å²) in [6, 6.07) is 36.6. The van der Waals surface area contributed by atoms with Crippen molar-refractivity contribution in [3.63, 3.8) is 0 Å². The van der Waals surface area contributed by atoms with Crippen LogP contribution in [0.1, 0.15) is 0 Å². The molecule has 0 spiro atoms. The zero-order valence-electron chi connectivity index (χ0n) is 13.7. The van der Waals surface area contributed by atoms with E-state index < -0.39 is 0 Å². The maximum absolute atomic E-state index is 3.28. The molecule has 0 fully saturated rings. The van der Waals surface area contributed by atoms with E-state index in [0.717, 1.165) is 22.7 Å². The minimum Gasteiger partial charge on any atom is -0.379 e. The molecule has 0 aromatic heterocycles. The zero-order valence-corrected chi connectivity index (χ0v) is 14.9. The number of rotatable bonds is 4. The number of nitrogens with one attached hydrogen (secondary N) is 2. The third-order valence-electron chi connectivity index (χ3n) is 3.45. The quantitative estimate of drug-likeness (QED) is 0.326. The van der Waals surface area contributed by atoms with Crippen molar-refractivity contribution < 1.29 is 17.1 Å². The Balaban J connectivity index is 0.000000173. The standard InChI is InChI=1S/2C11H10N.Fe/c2*1-2-6-10(7-3-1)12-11-8-4-5-9-11;/h2*1-9,12H;/q2*-1;+2. The van der Waals surface area contributed by atoms with Crippen LogP contribution >= 0.6 is 0 Å². The average molecular weight is 368 g/mol. The third-order valence-corrected chi connectivity index (χ3v) is 3.45. The van der Waals surface area contributed by atoms with Gasteiger partial charge >= 0.3 is 17.1 Å². The van der Waals surface area contributed by atoms with E-state index in [1.807, 2.05) is 109 Å². The van der Waals surface area contributed by atoms with E-state index >= 15 is 0 Å². The van der Waals surface area contributed by atoms with E-state index in [4.69, 9.17) is 0 Å². The summed E-state index contributed by atoms with van der Waals surface area (Å²) >= 11 is 0. The van der Waals surface area contributed by atoms with Gasteiger partial charge in [-0.15, -0.1) is 12.1 Å². The van der Waals surface area contributed by atoms with Crippen molar-refractivity contribution in [3.8, 4) is 0 Å². The molecule has 0 aliphatic heterocycles. The molecule has 0 saturated carbocycles. The van der Waals surface area contributed by atoms with Gasteiger partial charge in [-0.1, -0.05) is 47.8 Å². The Morgan fingerprint density at radius 2 is 0.880 bits per heavy atom. The molecular formula is C22H20FeN2. The fourth-order valence-corrected chi connectivity index (χ4v) is 2.29. The van der Waals surface area contributed by atoms with Crippen LogP contribution < -0.4 is 10.6 Å². The van der Waals surface area contributed by atoms with Gasteiger partial charge in [-0.05, 0) is 24.3 Å². The van der Waals surface area contributed by atoms with Gasteiger partial charge in [-0.3, -0.25) is 0 Å². The van der Waals surface area contributed by atoms with Crippen LogP contribution in [0.15, 0.2) is 109 Å². The van der Waals surface area contributed by atoms with Crippen LogP contribution in [0.2, 0.25) is 0 Å². The molecule has 0 saturated heterocycles. The van der Waals surface area contributed by atoms with Gasteiger partial charge in [0.25, 0.3) is 0 Å². The van der Waals surface area contributed by atoms with Crippen molar-refractivity contribution in [1.82, 2.24) is 0 Å². The van der Waals surface area contributed by atoms with E-state index in [-0.39, 0.29) is 17.1 Å². The maximum atomic E-state index is 3.28. The Kier molecular flexibility index (Phi) is 7.58. The Hall–Kier alpha value is -2.74. The molecule has 2 nitrogen and oxygen atoms in total. The molecule has 0 aliphatic rings. The SMILES string of the molecule is [Fe+2].c1ccc(Nc2ccc[cH-]2)cc1.c1ccc(Nc2ccc[cH-]2)cc1.